The highest BCUT2D eigenvalue weighted by Gasteiger charge is 2.09. The molecule has 0 atom stereocenters. The van der Waals surface area contributed by atoms with Gasteiger partial charge < -0.3 is 9.14 Å². The SMILES string of the molecule is Cc1nc2c(OCc3ccccc3)cccn2c1C. The van der Waals surface area contributed by atoms with Gasteiger partial charge >= 0.3 is 0 Å². The molecule has 3 heteroatoms. The van der Waals surface area contributed by atoms with Crippen molar-refractivity contribution in [3.8, 4) is 5.75 Å². The Kier molecular flexibility index (Phi) is 2.95. The van der Waals surface area contributed by atoms with Crippen molar-refractivity contribution in [2.45, 2.75) is 20.5 Å². The van der Waals surface area contributed by atoms with E-state index in [-0.39, 0.29) is 0 Å². The van der Waals surface area contributed by atoms with Crippen molar-refractivity contribution in [3.05, 3.63) is 65.6 Å². The number of aryl methyl sites for hydroxylation is 2. The van der Waals surface area contributed by atoms with Crippen molar-refractivity contribution in [1.82, 2.24) is 9.38 Å². The second-order valence-electron chi connectivity index (χ2n) is 4.62. The van der Waals surface area contributed by atoms with Crippen molar-refractivity contribution >= 4 is 5.65 Å². The first kappa shape index (κ1) is 11.8. The van der Waals surface area contributed by atoms with Gasteiger partial charge in [0.1, 0.15) is 6.61 Å². The molecule has 3 aromatic rings. The van der Waals surface area contributed by atoms with E-state index in [1.54, 1.807) is 0 Å². The zero-order chi connectivity index (χ0) is 13.2. The lowest BCUT2D eigenvalue weighted by atomic mass is 10.2. The average molecular weight is 252 g/mol. The van der Waals surface area contributed by atoms with Gasteiger partial charge in [0, 0.05) is 11.9 Å². The Morgan fingerprint density at radius 2 is 1.84 bits per heavy atom. The summed E-state index contributed by atoms with van der Waals surface area (Å²) in [6, 6.07) is 14.1. The zero-order valence-electron chi connectivity index (χ0n) is 11.1. The molecule has 2 heterocycles. The van der Waals surface area contributed by atoms with Crippen LogP contribution in [0.25, 0.3) is 5.65 Å². The molecule has 3 rings (SSSR count). The summed E-state index contributed by atoms with van der Waals surface area (Å²) in [4.78, 5) is 4.56. The first-order chi connectivity index (χ1) is 9.25. The molecular formula is C16H16N2O. The number of benzene rings is 1. The molecule has 0 saturated carbocycles. The van der Waals surface area contributed by atoms with E-state index >= 15 is 0 Å². The van der Waals surface area contributed by atoms with Gasteiger partial charge in [-0.3, -0.25) is 0 Å². The van der Waals surface area contributed by atoms with Gasteiger partial charge in [0.05, 0.1) is 5.69 Å². The summed E-state index contributed by atoms with van der Waals surface area (Å²) in [5, 5.41) is 0. The van der Waals surface area contributed by atoms with Gasteiger partial charge in [-0.15, -0.1) is 0 Å². The highest BCUT2D eigenvalue weighted by molar-refractivity contribution is 5.55. The van der Waals surface area contributed by atoms with Crippen molar-refractivity contribution in [2.24, 2.45) is 0 Å². The van der Waals surface area contributed by atoms with Gasteiger partial charge in [0.25, 0.3) is 0 Å². The lowest BCUT2D eigenvalue weighted by Crippen LogP contribution is -1.97. The van der Waals surface area contributed by atoms with Crippen LogP contribution in [0, 0.1) is 13.8 Å². The molecule has 0 fully saturated rings. The second-order valence-corrected chi connectivity index (χ2v) is 4.62. The summed E-state index contributed by atoms with van der Waals surface area (Å²) in [6.45, 7) is 4.64. The summed E-state index contributed by atoms with van der Waals surface area (Å²) in [7, 11) is 0. The van der Waals surface area contributed by atoms with Crippen LogP contribution in [-0.4, -0.2) is 9.38 Å². The van der Waals surface area contributed by atoms with E-state index in [1.807, 2.05) is 43.5 Å². The van der Waals surface area contributed by atoms with E-state index in [1.165, 1.54) is 0 Å². The molecule has 3 nitrogen and oxygen atoms in total. The van der Waals surface area contributed by atoms with E-state index in [0.717, 1.165) is 28.3 Å². The van der Waals surface area contributed by atoms with Crippen molar-refractivity contribution in [3.63, 3.8) is 0 Å². The molecule has 0 N–H and O–H groups in total. The number of rotatable bonds is 3. The van der Waals surface area contributed by atoms with Crippen LogP contribution in [0.3, 0.4) is 0 Å². The Morgan fingerprint density at radius 3 is 2.63 bits per heavy atom. The number of imidazole rings is 1. The molecule has 0 spiro atoms. The minimum Gasteiger partial charge on any atom is -0.485 e. The van der Waals surface area contributed by atoms with Crippen molar-refractivity contribution < 1.29 is 4.74 Å². The van der Waals surface area contributed by atoms with Crippen LogP contribution in [0.5, 0.6) is 5.75 Å². The van der Waals surface area contributed by atoms with Crippen LogP contribution in [-0.2, 0) is 6.61 Å². The molecule has 0 aliphatic heterocycles. The number of pyridine rings is 1. The highest BCUT2D eigenvalue weighted by atomic mass is 16.5. The Labute approximate surface area is 112 Å². The molecule has 0 aliphatic rings. The van der Waals surface area contributed by atoms with Crippen LogP contribution < -0.4 is 4.74 Å². The molecule has 1 aromatic carbocycles. The van der Waals surface area contributed by atoms with E-state index in [0.29, 0.717) is 6.61 Å². The van der Waals surface area contributed by atoms with E-state index in [4.69, 9.17) is 4.74 Å². The van der Waals surface area contributed by atoms with E-state index in [2.05, 4.69) is 28.4 Å². The summed E-state index contributed by atoms with van der Waals surface area (Å²) in [5.41, 5.74) is 4.23. The molecule has 0 bridgehead atoms. The number of ether oxygens (including phenoxy) is 1. The minimum atomic E-state index is 0.561. The maximum Gasteiger partial charge on any atom is 0.180 e. The zero-order valence-corrected chi connectivity index (χ0v) is 11.1. The lowest BCUT2D eigenvalue weighted by Gasteiger charge is -2.07. The monoisotopic (exact) mass is 252 g/mol. The Bertz CT molecular complexity index is 701. The largest absolute Gasteiger partial charge is 0.485 e. The van der Waals surface area contributed by atoms with Crippen LogP contribution >= 0.6 is 0 Å². The average Bonchev–Trinajstić information content (AvgIpc) is 2.74. The van der Waals surface area contributed by atoms with Gasteiger partial charge in [-0.05, 0) is 31.5 Å². The van der Waals surface area contributed by atoms with Gasteiger partial charge in [0.2, 0.25) is 0 Å². The van der Waals surface area contributed by atoms with Crippen molar-refractivity contribution in [2.75, 3.05) is 0 Å². The van der Waals surface area contributed by atoms with Crippen LogP contribution in [0.4, 0.5) is 0 Å². The van der Waals surface area contributed by atoms with E-state index < -0.39 is 0 Å². The Morgan fingerprint density at radius 1 is 1.05 bits per heavy atom. The molecule has 0 aliphatic carbocycles. The van der Waals surface area contributed by atoms with Gasteiger partial charge in [0.15, 0.2) is 11.4 Å². The fraction of sp³-hybridized carbons (Fsp3) is 0.188. The third-order valence-corrected chi connectivity index (χ3v) is 3.33. The lowest BCUT2D eigenvalue weighted by molar-refractivity contribution is 0.308. The quantitative estimate of drug-likeness (QED) is 0.713. The van der Waals surface area contributed by atoms with Crippen LogP contribution in [0.1, 0.15) is 17.0 Å². The molecule has 0 amide bonds. The normalized spacial score (nSPS) is 10.8. The maximum absolute atomic E-state index is 5.89. The molecular weight excluding hydrogens is 236 g/mol. The third kappa shape index (κ3) is 2.19. The van der Waals surface area contributed by atoms with Crippen LogP contribution in [0.2, 0.25) is 0 Å². The molecule has 96 valence electrons. The standard InChI is InChI=1S/C16H16N2O/c1-12-13(2)18-10-6-9-15(16(18)17-12)19-11-14-7-4-3-5-8-14/h3-10H,11H2,1-2H3. The second kappa shape index (κ2) is 4.76. The molecule has 19 heavy (non-hydrogen) atoms. The molecule has 0 saturated heterocycles. The van der Waals surface area contributed by atoms with Crippen molar-refractivity contribution in [1.29, 1.82) is 0 Å². The van der Waals surface area contributed by atoms with Gasteiger partial charge in [-0.1, -0.05) is 30.3 Å². The highest BCUT2D eigenvalue weighted by Crippen LogP contribution is 2.22. The smallest absolute Gasteiger partial charge is 0.180 e. The summed E-state index contributed by atoms with van der Waals surface area (Å²) in [5.74, 6) is 0.822. The number of aromatic nitrogens is 2. The predicted molar refractivity (Wildman–Crippen MR) is 75.4 cm³/mol. The summed E-state index contributed by atoms with van der Waals surface area (Å²) < 4.78 is 7.96. The van der Waals surface area contributed by atoms with Crippen LogP contribution in [0.15, 0.2) is 48.7 Å². The predicted octanol–water partition coefficient (Wildman–Crippen LogP) is 3.53. The number of fused-ring (bicyclic) bond motifs is 1. The molecule has 0 unspecified atom stereocenters. The molecule has 0 radical (unpaired) electrons. The Balaban J connectivity index is 1.91. The van der Waals surface area contributed by atoms with E-state index in [9.17, 15) is 0 Å². The fourth-order valence-electron chi connectivity index (χ4n) is 2.12. The third-order valence-electron chi connectivity index (χ3n) is 3.33. The maximum atomic E-state index is 5.89. The first-order valence-corrected chi connectivity index (χ1v) is 6.37. The first-order valence-electron chi connectivity index (χ1n) is 6.37. The topological polar surface area (TPSA) is 26.5 Å². The Hall–Kier alpha value is -2.29. The summed E-state index contributed by atoms with van der Waals surface area (Å²) >= 11 is 0. The molecule has 2 aromatic heterocycles. The van der Waals surface area contributed by atoms with Gasteiger partial charge in [-0.2, -0.15) is 0 Å². The number of hydrogen-bond donors (Lipinski definition) is 0. The fourth-order valence-corrected chi connectivity index (χ4v) is 2.12. The minimum absolute atomic E-state index is 0.561. The number of hydrogen-bond acceptors (Lipinski definition) is 2. The number of nitrogens with zero attached hydrogens (tertiary/aromatic N) is 2. The van der Waals surface area contributed by atoms with Gasteiger partial charge in [-0.25, -0.2) is 4.98 Å². The summed E-state index contributed by atoms with van der Waals surface area (Å²) in [6.07, 6.45) is 2.01.